The molecule has 188 valence electrons. The highest BCUT2D eigenvalue weighted by Crippen LogP contribution is 2.34. The van der Waals surface area contributed by atoms with Gasteiger partial charge < -0.3 is 10.2 Å². The lowest BCUT2D eigenvalue weighted by Crippen LogP contribution is -2.34. The summed E-state index contributed by atoms with van der Waals surface area (Å²) < 4.78 is 28.7. The Kier molecular flexibility index (Phi) is 7.33. The van der Waals surface area contributed by atoms with Crippen LogP contribution in [0.3, 0.4) is 0 Å². The molecule has 7 nitrogen and oxygen atoms in total. The first-order chi connectivity index (χ1) is 16.6. The number of hydrogen-bond donors (Lipinski definition) is 2. The standard InChI is InChI=1S/C27H35N3O4S/c1-17-6-5-7-25(19(17)3)29-27(32)22-10-8-21(9-11-22)16-28-35(33,34)24-12-13-26-23(15-24)14-18(2)30(26)20(4)31/h5-7,12-13,15,18,21-22,28H,8-11,14,16H2,1-4H3,(H,29,32). The van der Waals surface area contributed by atoms with E-state index in [4.69, 9.17) is 0 Å². The number of carbonyl (C=O) groups excluding carboxylic acids is 2. The van der Waals surface area contributed by atoms with E-state index in [-0.39, 0.29) is 34.6 Å². The summed E-state index contributed by atoms with van der Waals surface area (Å²) in [4.78, 5) is 26.7. The number of aryl methyl sites for hydroxylation is 1. The molecule has 2 aliphatic rings. The summed E-state index contributed by atoms with van der Waals surface area (Å²) in [6.07, 6.45) is 3.76. The van der Waals surface area contributed by atoms with Gasteiger partial charge in [0, 0.05) is 36.8 Å². The minimum Gasteiger partial charge on any atom is -0.326 e. The Morgan fingerprint density at radius 3 is 2.46 bits per heavy atom. The maximum absolute atomic E-state index is 13.0. The molecule has 0 aromatic heterocycles. The van der Waals surface area contributed by atoms with Gasteiger partial charge in [0.15, 0.2) is 0 Å². The third-order valence-electron chi connectivity index (χ3n) is 7.56. The van der Waals surface area contributed by atoms with E-state index in [0.717, 1.165) is 53.7 Å². The maximum Gasteiger partial charge on any atom is 0.240 e. The molecule has 0 saturated heterocycles. The lowest BCUT2D eigenvalue weighted by Gasteiger charge is -2.28. The van der Waals surface area contributed by atoms with Crippen molar-refractivity contribution in [3.8, 4) is 0 Å². The van der Waals surface area contributed by atoms with Crippen LogP contribution in [0.15, 0.2) is 41.3 Å². The summed E-state index contributed by atoms with van der Waals surface area (Å²) in [7, 11) is -3.65. The second kappa shape index (κ2) is 10.1. The van der Waals surface area contributed by atoms with E-state index in [9.17, 15) is 18.0 Å². The molecule has 8 heteroatoms. The highest BCUT2D eigenvalue weighted by molar-refractivity contribution is 7.89. The SMILES string of the molecule is CC(=O)N1c2ccc(S(=O)(=O)NCC3CCC(C(=O)Nc4cccc(C)c4C)CC3)cc2CC1C. The van der Waals surface area contributed by atoms with Crippen LogP contribution in [0.5, 0.6) is 0 Å². The molecule has 35 heavy (non-hydrogen) atoms. The van der Waals surface area contributed by atoms with E-state index in [1.807, 2.05) is 39.0 Å². The van der Waals surface area contributed by atoms with Gasteiger partial charge >= 0.3 is 0 Å². The van der Waals surface area contributed by atoms with Crippen molar-refractivity contribution in [2.75, 3.05) is 16.8 Å². The summed E-state index contributed by atoms with van der Waals surface area (Å²) in [5.41, 5.74) is 4.76. The van der Waals surface area contributed by atoms with E-state index in [1.165, 1.54) is 6.92 Å². The molecule has 2 aromatic rings. The van der Waals surface area contributed by atoms with Gasteiger partial charge in [0.2, 0.25) is 21.8 Å². The van der Waals surface area contributed by atoms with Crippen molar-refractivity contribution in [3.63, 3.8) is 0 Å². The van der Waals surface area contributed by atoms with Crippen LogP contribution in [-0.2, 0) is 26.0 Å². The van der Waals surface area contributed by atoms with E-state index < -0.39 is 10.0 Å². The molecule has 1 aliphatic heterocycles. The molecule has 1 heterocycles. The predicted octanol–water partition coefficient (Wildman–Crippen LogP) is 4.32. The Morgan fingerprint density at radius 2 is 1.77 bits per heavy atom. The minimum atomic E-state index is -3.65. The van der Waals surface area contributed by atoms with Crippen molar-refractivity contribution in [1.82, 2.24) is 4.72 Å². The number of benzene rings is 2. The van der Waals surface area contributed by atoms with Crippen LogP contribution < -0.4 is 14.9 Å². The third-order valence-corrected chi connectivity index (χ3v) is 8.98. The van der Waals surface area contributed by atoms with Crippen LogP contribution in [0.4, 0.5) is 11.4 Å². The van der Waals surface area contributed by atoms with Gasteiger partial charge in [-0.3, -0.25) is 9.59 Å². The molecule has 0 spiro atoms. The highest BCUT2D eigenvalue weighted by atomic mass is 32.2. The highest BCUT2D eigenvalue weighted by Gasteiger charge is 2.31. The maximum atomic E-state index is 13.0. The van der Waals surface area contributed by atoms with Gasteiger partial charge in [0.05, 0.1) is 4.90 Å². The Hall–Kier alpha value is -2.71. The number of sulfonamides is 1. The summed E-state index contributed by atoms with van der Waals surface area (Å²) in [6, 6.07) is 10.9. The average Bonchev–Trinajstić information content (AvgIpc) is 3.16. The first-order valence-corrected chi connectivity index (χ1v) is 13.8. The summed E-state index contributed by atoms with van der Waals surface area (Å²) in [5.74, 6) is 0.163. The van der Waals surface area contributed by atoms with Crippen molar-refractivity contribution in [2.45, 2.75) is 70.7 Å². The van der Waals surface area contributed by atoms with Crippen LogP contribution in [0, 0.1) is 25.7 Å². The van der Waals surface area contributed by atoms with Gasteiger partial charge in [0.1, 0.15) is 0 Å². The fraction of sp³-hybridized carbons (Fsp3) is 0.481. The van der Waals surface area contributed by atoms with Crippen LogP contribution in [0.25, 0.3) is 0 Å². The van der Waals surface area contributed by atoms with Gasteiger partial charge in [-0.05, 0) is 99.7 Å². The molecule has 2 aromatic carbocycles. The van der Waals surface area contributed by atoms with Crippen LogP contribution >= 0.6 is 0 Å². The second-order valence-corrected chi connectivity index (χ2v) is 11.8. The van der Waals surface area contributed by atoms with Crippen molar-refractivity contribution in [1.29, 1.82) is 0 Å². The Morgan fingerprint density at radius 1 is 1.06 bits per heavy atom. The monoisotopic (exact) mass is 497 g/mol. The molecule has 2 amide bonds. The topological polar surface area (TPSA) is 95.6 Å². The number of nitrogens with one attached hydrogen (secondary N) is 2. The quantitative estimate of drug-likeness (QED) is 0.621. The fourth-order valence-electron chi connectivity index (χ4n) is 5.32. The molecule has 2 N–H and O–H groups in total. The largest absolute Gasteiger partial charge is 0.326 e. The lowest BCUT2D eigenvalue weighted by molar-refractivity contribution is -0.121. The van der Waals surface area contributed by atoms with E-state index in [1.54, 1.807) is 23.1 Å². The van der Waals surface area contributed by atoms with Gasteiger partial charge in [-0.1, -0.05) is 12.1 Å². The zero-order valence-electron chi connectivity index (χ0n) is 20.9. The Balaban J connectivity index is 1.31. The number of carbonyl (C=O) groups is 2. The number of anilines is 2. The molecule has 1 unspecified atom stereocenters. The van der Waals surface area contributed by atoms with Crippen molar-refractivity contribution in [3.05, 3.63) is 53.1 Å². The normalized spacial score (nSPS) is 22.1. The number of amides is 2. The number of nitrogens with zero attached hydrogens (tertiary/aromatic N) is 1. The van der Waals surface area contributed by atoms with Crippen LogP contribution in [-0.4, -0.2) is 32.8 Å². The zero-order chi connectivity index (χ0) is 25.3. The molecular weight excluding hydrogens is 462 g/mol. The molecule has 1 saturated carbocycles. The van der Waals surface area contributed by atoms with Crippen LogP contribution in [0.1, 0.15) is 56.2 Å². The first-order valence-electron chi connectivity index (χ1n) is 12.4. The number of fused-ring (bicyclic) bond motifs is 1. The summed E-state index contributed by atoms with van der Waals surface area (Å²) >= 11 is 0. The lowest BCUT2D eigenvalue weighted by atomic mass is 9.81. The smallest absolute Gasteiger partial charge is 0.240 e. The second-order valence-electron chi connectivity index (χ2n) is 10.0. The number of hydrogen-bond acceptors (Lipinski definition) is 4. The van der Waals surface area contributed by atoms with Gasteiger partial charge in [-0.2, -0.15) is 0 Å². The zero-order valence-corrected chi connectivity index (χ0v) is 21.7. The molecule has 4 rings (SSSR count). The van der Waals surface area contributed by atoms with E-state index in [2.05, 4.69) is 10.0 Å². The van der Waals surface area contributed by atoms with Crippen molar-refractivity contribution < 1.29 is 18.0 Å². The molecule has 1 atom stereocenters. The Labute approximate surface area is 208 Å². The minimum absolute atomic E-state index is 0.0237. The van der Waals surface area contributed by atoms with Gasteiger partial charge in [0.25, 0.3) is 0 Å². The predicted molar refractivity (Wildman–Crippen MR) is 138 cm³/mol. The van der Waals surface area contributed by atoms with Gasteiger partial charge in [-0.25, -0.2) is 13.1 Å². The van der Waals surface area contributed by atoms with Crippen molar-refractivity contribution >= 4 is 33.2 Å². The fourth-order valence-corrected chi connectivity index (χ4v) is 6.48. The molecule has 0 radical (unpaired) electrons. The molecule has 1 aliphatic carbocycles. The third kappa shape index (κ3) is 5.43. The molecular formula is C27H35N3O4S. The van der Waals surface area contributed by atoms with E-state index in [0.29, 0.717) is 13.0 Å². The molecule has 0 bridgehead atoms. The van der Waals surface area contributed by atoms with Crippen LogP contribution in [0.2, 0.25) is 0 Å². The van der Waals surface area contributed by atoms with Gasteiger partial charge in [-0.15, -0.1) is 0 Å². The molecule has 1 fully saturated rings. The van der Waals surface area contributed by atoms with E-state index >= 15 is 0 Å². The summed E-state index contributed by atoms with van der Waals surface area (Å²) in [6.45, 7) is 7.89. The summed E-state index contributed by atoms with van der Waals surface area (Å²) in [5, 5.41) is 3.07. The Bertz CT molecular complexity index is 1230. The first kappa shape index (κ1) is 25.4. The number of rotatable bonds is 6. The average molecular weight is 498 g/mol. The van der Waals surface area contributed by atoms with Crippen molar-refractivity contribution in [2.24, 2.45) is 11.8 Å².